The molecule has 2 fully saturated rings. The number of hydrogen-bond donors (Lipinski definition) is 2. The molecule has 1 amide bonds. The molecular formula is C12H23N3OS. The predicted octanol–water partition coefficient (Wildman–Crippen LogP) is 0.495. The van der Waals surface area contributed by atoms with Crippen LogP contribution in [0.4, 0.5) is 0 Å². The number of thioether (sulfide) groups is 1. The lowest BCUT2D eigenvalue weighted by Crippen LogP contribution is -2.44. The fourth-order valence-electron chi connectivity index (χ4n) is 2.43. The second-order valence-electron chi connectivity index (χ2n) is 5.26. The molecule has 0 aromatic heterocycles. The molecule has 2 heterocycles. The van der Waals surface area contributed by atoms with Crippen LogP contribution in [0.2, 0.25) is 0 Å². The van der Waals surface area contributed by atoms with Crippen molar-refractivity contribution in [3.05, 3.63) is 0 Å². The molecule has 2 saturated heterocycles. The molecule has 0 aromatic carbocycles. The van der Waals surface area contributed by atoms with Crippen molar-refractivity contribution in [1.82, 2.24) is 15.5 Å². The molecule has 0 saturated carbocycles. The number of nitrogens with zero attached hydrogens (tertiary/aromatic N) is 1. The molecule has 2 aliphatic rings. The summed E-state index contributed by atoms with van der Waals surface area (Å²) in [7, 11) is 0. The molecule has 2 N–H and O–H groups in total. The second kappa shape index (κ2) is 6.07. The van der Waals surface area contributed by atoms with Gasteiger partial charge in [-0.3, -0.25) is 10.1 Å². The summed E-state index contributed by atoms with van der Waals surface area (Å²) in [5.74, 6) is 2.63. The Morgan fingerprint density at radius 2 is 2.41 bits per heavy atom. The molecule has 2 aliphatic heterocycles. The normalized spacial score (nSPS) is 30.1. The summed E-state index contributed by atoms with van der Waals surface area (Å²) in [6, 6.07) is 0.659. The van der Waals surface area contributed by atoms with Crippen molar-refractivity contribution in [3.8, 4) is 0 Å². The summed E-state index contributed by atoms with van der Waals surface area (Å²) in [6.45, 7) is 7.62. The van der Waals surface area contributed by atoms with Gasteiger partial charge < -0.3 is 10.2 Å². The van der Waals surface area contributed by atoms with Crippen LogP contribution in [0.1, 0.15) is 20.3 Å². The predicted molar refractivity (Wildman–Crippen MR) is 72.1 cm³/mol. The van der Waals surface area contributed by atoms with E-state index in [2.05, 4.69) is 29.4 Å². The molecule has 98 valence electrons. The Morgan fingerprint density at radius 3 is 3.00 bits per heavy atom. The summed E-state index contributed by atoms with van der Waals surface area (Å²) in [5, 5.41) is 6.28. The number of carbonyl (C=O) groups is 1. The molecule has 0 bridgehead atoms. The maximum atomic E-state index is 11.8. The Bertz CT molecular complexity index is 266. The standard InChI is InChI=1S/C12H23N3OS/c1-9(2)15-4-3-10(6-15)5-13-12(16)11-7-17-8-14-11/h9-11,14H,3-8H2,1-2H3,(H,13,16). The molecule has 17 heavy (non-hydrogen) atoms. The summed E-state index contributed by atoms with van der Waals surface area (Å²) in [4.78, 5) is 14.3. The number of carbonyl (C=O) groups excluding carboxylic acids is 1. The third-order valence-corrected chi connectivity index (χ3v) is 4.59. The first-order valence-electron chi connectivity index (χ1n) is 6.49. The average molecular weight is 257 g/mol. The Morgan fingerprint density at radius 1 is 1.59 bits per heavy atom. The Kier molecular flexibility index (Phi) is 4.70. The summed E-state index contributed by atoms with van der Waals surface area (Å²) >= 11 is 1.79. The van der Waals surface area contributed by atoms with Gasteiger partial charge in [0.25, 0.3) is 0 Å². The van der Waals surface area contributed by atoms with Gasteiger partial charge in [0.1, 0.15) is 0 Å². The Balaban J connectivity index is 1.67. The monoisotopic (exact) mass is 257 g/mol. The van der Waals surface area contributed by atoms with Gasteiger partial charge in [-0.05, 0) is 32.7 Å². The van der Waals surface area contributed by atoms with E-state index < -0.39 is 0 Å². The summed E-state index contributed by atoms with van der Waals surface area (Å²) < 4.78 is 0. The van der Waals surface area contributed by atoms with E-state index in [1.807, 2.05) is 0 Å². The third kappa shape index (κ3) is 3.60. The lowest BCUT2D eigenvalue weighted by molar-refractivity contribution is -0.122. The highest BCUT2D eigenvalue weighted by atomic mass is 32.2. The highest BCUT2D eigenvalue weighted by Gasteiger charge is 2.26. The fourth-order valence-corrected chi connectivity index (χ4v) is 3.37. The van der Waals surface area contributed by atoms with Crippen LogP contribution in [0.25, 0.3) is 0 Å². The van der Waals surface area contributed by atoms with Crippen molar-refractivity contribution in [2.45, 2.75) is 32.4 Å². The van der Waals surface area contributed by atoms with Gasteiger partial charge in [-0.1, -0.05) is 0 Å². The molecular weight excluding hydrogens is 234 g/mol. The van der Waals surface area contributed by atoms with Crippen molar-refractivity contribution in [2.75, 3.05) is 31.3 Å². The van der Waals surface area contributed by atoms with Crippen LogP contribution < -0.4 is 10.6 Å². The van der Waals surface area contributed by atoms with E-state index in [4.69, 9.17) is 0 Å². The van der Waals surface area contributed by atoms with Gasteiger partial charge in [0, 0.05) is 30.8 Å². The van der Waals surface area contributed by atoms with Gasteiger partial charge in [0.15, 0.2) is 0 Å². The van der Waals surface area contributed by atoms with Crippen molar-refractivity contribution >= 4 is 17.7 Å². The minimum absolute atomic E-state index is 0.0302. The van der Waals surface area contributed by atoms with Gasteiger partial charge >= 0.3 is 0 Å². The van der Waals surface area contributed by atoms with E-state index in [-0.39, 0.29) is 11.9 Å². The molecule has 4 nitrogen and oxygen atoms in total. The average Bonchev–Trinajstić information content (AvgIpc) is 2.97. The van der Waals surface area contributed by atoms with E-state index in [0.717, 1.165) is 24.7 Å². The zero-order valence-electron chi connectivity index (χ0n) is 10.7. The van der Waals surface area contributed by atoms with Gasteiger partial charge in [-0.2, -0.15) is 0 Å². The number of hydrogen-bond acceptors (Lipinski definition) is 4. The van der Waals surface area contributed by atoms with Crippen LogP contribution in [-0.2, 0) is 4.79 Å². The van der Waals surface area contributed by atoms with Gasteiger partial charge in [-0.25, -0.2) is 0 Å². The topological polar surface area (TPSA) is 44.4 Å². The summed E-state index contributed by atoms with van der Waals surface area (Å²) in [6.07, 6.45) is 1.21. The van der Waals surface area contributed by atoms with Crippen LogP contribution in [-0.4, -0.2) is 54.2 Å². The highest BCUT2D eigenvalue weighted by Crippen LogP contribution is 2.17. The highest BCUT2D eigenvalue weighted by molar-refractivity contribution is 7.99. The first kappa shape index (κ1) is 13.2. The zero-order chi connectivity index (χ0) is 12.3. The third-order valence-electron chi connectivity index (χ3n) is 3.65. The molecule has 2 rings (SSSR count). The number of amides is 1. The maximum absolute atomic E-state index is 11.8. The van der Waals surface area contributed by atoms with Crippen molar-refractivity contribution in [1.29, 1.82) is 0 Å². The maximum Gasteiger partial charge on any atom is 0.238 e. The van der Waals surface area contributed by atoms with E-state index >= 15 is 0 Å². The molecule has 0 aromatic rings. The van der Waals surface area contributed by atoms with E-state index in [0.29, 0.717) is 12.0 Å². The second-order valence-corrected chi connectivity index (χ2v) is 6.29. The molecule has 2 unspecified atom stereocenters. The van der Waals surface area contributed by atoms with Crippen LogP contribution in [0.3, 0.4) is 0 Å². The minimum Gasteiger partial charge on any atom is -0.354 e. The molecule has 0 aliphatic carbocycles. The van der Waals surface area contributed by atoms with E-state index in [1.54, 1.807) is 11.8 Å². The SMILES string of the molecule is CC(C)N1CCC(CNC(=O)C2CSCN2)C1. The fraction of sp³-hybridized carbons (Fsp3) is 0.917. The number of rotatable bonds is 4. The van der Waals surface area contributed by atoms with Crippen LogP contribution >= 0.6 is 11.8 Å². The first-order valence-corrected chi connectivity index (χ1v) is 7.65. The van der Waals surface area contributed by atoms with E-state index in [1.165, 1.54) is 13.0 Å². The largest absolute Gasteiger partial charge is 0.354 e. The van der Waals surface area contributed by atoms with Crippen molar-refractivity contribution < 1.29 is 4.79 Å². The Labute approximate surface area is 108 Å². The van der Waals surface area contributed by atoms with E-state index in [9.17, 15) is 4.79 Å². The van der Waals surface area contributed by atoms with Crippen LogP contribution in [0.5, 0.6) is 0 Å². The molecule has 0 spiro atoms. The molecule has 2 atom stereocenters. The smallest absolute Gasteiger partial charge is 0.238 e. The number of nitrogens with one attached hydrogen (secondary N) is 2. The van der Waals surface area contributed by atoms with Crippen molar-refractivity contribution in [2.24, 2.45) is 5.92 Å². The van der Waals surface area contributed by atoms with Gasteiger partial charge in [0.05, 0.1) is 6.04 Å². The van der Waals surface area contributed by atoms with Crippen LogP contribution in [0.15, 0.2) is 0 Å². The lowest BCUT2D eigenvalue weighted by atomic mass is 10.1. The first-order chi connectivity index (χ1) is 8.16. The van der Waals surface area contributed by atoms with Gasteiger partial charge in [0.2, 0.25) is 5.91 Å². The minimum atomic E-state index is 0.0302. The Hall–Kier alpha value is -0.260. The number of likely N-dealkylation sites (tertiary alicyclic amines) is 1. The van der Waals surface area contributed by atoms with Crippen LogP contribution in [0, 0.1) is 5.92 Å². The lowest BCUT2D eigenvalue weighted by Gasteiger charge is -2.20. The van der Waals surface area contributed by atoms with Gasteiger partial charge in [-0.15, -0.1) is 11.8 Å². The quantitative estimate of drug-likeness (QED) is 0.769. The molecule has 0 radical (unpaired) electrons. The summed E-state index contributed by atoms with van der Waals surface area (Å²) in [5.41, 5.74) is 0. The molecule has 5 heteroatoms. The zero-order valence-corrected chi connectivity index (χ0v) is 11.6. The van der Waals surface area contributed by atoms with Crippen molar-refractivity contribution in [3.63, 3.8) is 0 Å².